The molecule has 1 amide bonds. The van der Waals surface area contributed by atoms with Gasteiger partial charge < -0.3 is 15.9 Å². The van der Waals surface area contributed by atoms with Crippen molar-refractivity contribution >= 4 is 29.0 Å². The zero-order valence-corrected chi connectivity index (χ0v) is 20.4. The molecule has 2 aromatic carbocycles. The van der Waals surface area contributed by atoms with Crippen LogP contribution < -0.4 is 5.73 Å². The molecule has 0 radical (unpaired) electrons. The third-order valence-electron chi connectivity index (χ3n) is 8.17. The Hall–Kier alpha value is -3.83. The summed E-state index contributed by atoms with van der Waals surface area (Å²) in [5.41, 5.74) is 2.62. The molecule has 2 unspecified atom stereocenters. The lowest BCUT2D eigenvalue weighted by Crippen LogP contribution is -2.74. The van der Waals surface area contributed by atoms with Gasteiger partial charge in [-0.25, -0.2) is 8.78 Å². The van der Waals surface area contributed by atoms with Crippen molar-refractivity contribution in [3.8, 4) is 16.9 Å². The number of halogens is 2. The SMILES string of the molecule is CN(C)[C@@H]1C(=O)C(C(N)=O)C(=O)[C@@]2(O)C(=O)C3C(=O)c4c(O)ccc(-c5ccc(F)cc5F)c4C[C@H]3C[C@@H]12. The maximum Gasteiger partial charge on any atom is 0.235 e. The van der Waals surface area contributed by atoms with Crippen LogP contribution >= 0.6 is 0 Å². The largest absolute Gasteiger partial charge is 0.507 e. The molecule has 2 saturated carbocycles. The molecule has 0 bridgehead atoms. The molecule has 4 N–H and O–H groups in total. The van der Waals surface area contributed by atoms with Crippen molar-refractivity contribution in [2.45, 2.75) is 24.5 Å². The van der Waals surface area contributed by atoms with Crippen LogP contribution in [0, 0.1) is 35.3 Å². The van der Waals surface area contributed by atoms with E-state index in [-0.39, 0.29) is 35.1 Å². The lowest BCUT2D eigenvalue weighted by molar-refractivity contribution is -0.181. The first-order chi connectivity index (χ1) is 17.8. The molecule has 38 heavy (non-hydrogen) atoms. The Morgan fingerprint density at radius 1 is 1.05 bits per heavy atom. The topological polar surface area (TPSA) is 155 Å². The van der Waals surface area contributed by atoms with Crippen LogP contribution in [0.3, 0.4) is 0 Å². The van der Waals surface area contributed by atoms with Gasteiger partial charge in [-0.2, -0.15) is 0 Å². The molecule has 198 valence electrons. The Labute approximate surface area is 215 Å². The van der Waals surface area contributed by atoms with Crippen LogP contribution in [0.4, 0.5) is 8.78 Å². The minimum Gasteiger partial charge on any atom is -0.507 e. The van der Waals surface area contributed by atoms with Gasteiger partial charge in [0.25, 0.3) is 0 Å². The number of aliphatic hydroxyl groups is 1. The van der Waals surface area contributed by atoms with Crippen molar-refractivity contribution in [3.05, 3.63) is 53.1 Å². The number of phenols is 1. The van der Waals surface area contributed by atoms with Crippen LogP contribution in [0.15, 0.2) is 30.3 Å². The predicted molar refractivity (Wildman–Crippen MR) is 127 cm³/mol. The average Bonchev–Trinajstić information content (AvgIpc) is 2.81. The quantitative estimate of drug-likeness (QED) is 0.497. The molecule has 0 heterocycles. The number of nitrogens with two attached hydrogens (primary N) is 1. The van der Waals surface area contributed by atoms with E-state index in [0.717, 1.165) is 12.1 Å². The van der Waals surface area contributed by atoms with Gasteiger partial charge in [0.2, 0.25) is 5.91 Å². The summed E-state index contributed by atoms with van der Waals surface area (Å²) in [6.07, 6.45) is -0.169. The second-order valence-electron chi connectivity index (χ2n) is 10.4. The summed E-state index contributed by atoms with van der Waals surface area (Å²) in [5.74, 6) is -13.4. The summed E-state index contributed by atoms with van der Waals surface area (Å²) >= 11 is 0. The van der Waals surface area contributed by atoms with E-state index in [2.05, 4.69) is 0 Å². The average molecular weight is 526 g/mol. The molecule has 5 rings (SSSR count). The van der Waals surface area contributed by atoms with E-state index in [1.165, 1.54) is 31.1 Å². The van der Waals surface area contributed by atoms with Gasteiger partial charge >= 0.3 is 0 Å². The number of nitrogens with zero attached hydrogens (tertiary/aromatic N) is 1. The van der Waals surface area contributed by atoms with Crippen molar-refractivity contribution in [1.82, 2.24) is 4.90 Å². The highest BCUT2D eigenvalue weighted by Gasteiger charge is 2.69. The van der Waals surface area contributed by atoms with Gasteiger partial charge in [-0.15, -0.1) is 0 Å². The van der Waals surface area contributed by atoms with Crippen molar-refractivity contribution in [2.75, 3.05) is 14.1 Å². The summed E-state index contributed by atoms with van der Waals surface area (Å²) in [5, 5.41) is 22.1. The molecular formula is C27H24F2N2O7. The molecule has 2 fully saturated rings. The highest BCUT2D eigenvalue weighted by Crippen LogP contribution is 2.51. The number of amides is 1. The van der Waals surface area contributed by atoms with Crippen LogP contribution in [0.5, 0.6) is 5.75 Å². The van der Waals surface area contributed by atoms with E-state index in [0.29, 0.717) is 6.07 Å². The maximum absolute atomic E-state index is 14.7. The number of phenolic OH excluding ortho intramolecular Hbond substituents is 1. The number of ketones is 4. The van der Waals surface area contributed by atoms with Gasteiger partial charge in [0.05, 0.1) is 17.5 Å². The fraction of sp³-hybridized carbons (Fsp3) is 0.370. The molecule has 11 heteroatoms. The summed E-state index contributed by atoms with van der Waals surface area (Å²) in [6, 6.07) is 4.23. The van der Waals surface area contributed by atoms with E-state index in [4.69, 9.17) is 5.73 Å². The Morgan fingerprint density at radius 2 is 1.71 bits per heavy atom. The maximum atomic E-state index is 14.7. The van der Waals surface area contributed by atoms with Gasteiger partial charge in [-0.3, -0.25) is 28.9 Å². The van der Waals surface area contributed by atoms with Crippen LogP contribution in [-0.4, -0.2) is 69.9 Å². The smallest absolute Gasteiger partial charge is 0.235 e. The number of rotatable bonds is 3. The molecule has 0 aromatic heterocycles. The number of likely N-dealkylation sites (N-methyl/N-ethyl adjacent to an activating group) is 1. The molecule has 0 saturated heterocycles. The molecule has 0 aliphatic heterocycles. The van der Waals surface area contributed by atoms with E-state index in [1.807, 2.05) is 0 Å². The van der Waals surface area contributed by atoms with Gasteiger partial charge in [-0.05, 0) is 62.2 Å². The number of Topliss-reactive ketones (excluding diaryl/α,β-unsaturated/α-hetero) is 4. The van der Waals surface area contributed by atoms with E-state index < -0.39 is 81.7 Å². The zero-order chi connectivity index (χ0) is 27.8. The summed E-state index contributed by atoms with van der Waals surface area (Å²) in [6.45, 7) is 0. The fourth-order valence-electron chi connectivity index (χ4n) is 6.56. The first-order valence-electron chi connectivity index (χ1n) is 12.0. The monoisotopic (exact) mass is 526 g/mol. The number of carbonyl (C=O) groups excluding carboxylic acids is 5. The molecule has 9 nitrogen and oxygen atoms in total. The summed E-state index contributed by atoms with van der Waals surface area (Å²) in [7, 11) is 2.98. The van der Waals surface area contributed by atoms with Gasteiger partial charge in [0, 0.05) is 17.5 Å². The van der Waals surface area contributed by atoms with E-state index >= 15 is 0 Å². The van der Waals surface area contributed by atoms with Crippen molar-refractivity contribution < 1.29 is 43.0 Å². The highest BCUT2D eigenvalue weighted by molar-refractivity contribution is 6.32. The first-order valence-corrected chi connectivity index (χ1v) is 12.0. The second kappa shape index (κ2) is 8.60. The minimum absolute atomic E-state index is 0.0222. The second-order valence-corrected chi connectivity index (χ2v) is 10.4. The normalized spacial score (nSPS) is 30.6. The number of aromatic hydroxyl groups is 1. The number of benzene rings is 2. The number of carbonyl (C=O) groups is 5. The van der Waals surface area contributed by atoms with E-state index in [1.54, 1.807) is 0 Å². The Kier molecular flexibility index (Phi) is 5.84. The number of primary amides is 1. The van der Waals surface area contributed by atoms with Crippen molar-refractivity contribution in [3.63, 3.8) is 0 Å². The fourth-order valence-corrected chi connectivity index (χ4v) is 6.56. The van der Waals surface area contributed by atoms with Gasteiger partial charge in [0.15, 0.2) is 34.7 Å². The first kappa shape index (κ1) is 25.8. The summed E-state index contributed by atoms with van der Waals surface area (Å²) < 4.78 is 28.3. The standard InChI is InChI=1S/C27H24F2N2O7/c1-31(2)21-15-8-10-7-14-12(13-4-3-11(28)9-16(13)29)5-6-17(32)19(14)22(33)18(10)24(35)27(15,38)25(36)20(23(21)34)26(30)37/h3-6,9-10,15,18,20-21,32,38H,7-8H2,1-2H3,(H2,30,37)/t10-,15-,18?,20?,21-,27-/m0/s1. The lowest BCUT2D eigenvalue weighted by atomic mass is 9.52. The third-order valence-corrected chi connectivity index (χ3v) is 8.17. The van der Waals surface area contributed by atoms with Crippen molar-refractivity contribution in [2.24, 2.45) is 29.4 Å². The van der Waals surface area contributed by atoms with Crippen LogP contribution in [0.1, 0.15) is 22.3 Å². The van der Waals surface area contributed by atoms with Crippen LogP contribution in [0.25, 0.3) is 11.1 Å². The number of hydrogen-bond acceptors (Lipinski definition) is 8. The highest BCUT2D eigenvalue weighted by atomic mass is 19.1. The number of hydrogen-bond donors (Lipinski definition) is 3. The van der Waals surface area contributed by atoms with Crippen LogP contribution in [-0.2, 0) is 25.6 Å². The number of fused-ring (bicyclic) bond motifs is 3. The third kappa shape index (κ3) is 3.38. The van der Waals surface area contributed by atoms with Crippen LogP contribution in [0.2, 0.25) is 0 Å². The Bertz CT molecular complexity index is 1460. The molecular weight excluding hydrogens is 502 g/mol. The minimum atomic E-state index is -2.83. The lowest BCUT2D eigenvalue weighted by Gasteiger charge is -2.52. The Balaban J connectivity index is 1.67. The molecule has 0 spiro atoms. The molecule has 3 aliphatic rings. The molecule has 6 atom stereocenters. The molecule has 3 aliphatic carbocycles. The molecule has 2 aromatic rings. The summed E-state index contributed by atoms with van der Waals surface area (Å²) in [4.78, 5) is 67.3. The van der Waals surface area contributed by atoms with Gasteiger partial charge in [-0.1, -0.05) is 6.07 Å². The predicted octanol–water partition coefficient (Wildman–Crippen LogP) is 0.812. The van der Waals surface area contributed by atoms with E-state index in [9.17, 15) is 43.0 Å². The Morgan fingerprint density at radius 3 is 2.32 bits per heavy atom. The zero-order valence-electron chi connectivity index (χ0n) is 20.4. The van der Waals surface area contributed by atoms with Crippen molar-refractivity contribution in [1.29, 1.82) is 0 Å². The van der Waals surface area contributed by atoms with Gasteiger partial charge in [0.1, 0.15) is 17.4 Å².